The van der Waals surface area contributed by atoms with Gasteiger partial charge < -0.3 is 10.0 Å². The number of nitrogens with zero attached hydrogens (tertiary/aromatic N) is 1. The number of benzene rings is 1. The zero-order valence-corrected chi connectivity index (χ0v) is 9.50. The van der Waals surface area contributed by atoms with E-state index in [0.717, 1.165) is 12.1 Å². The predicted octanol–water partition coefficient (Wildman–Crippen LogP) is 2.64. The summed E-state index contributed by atoms with van der Waals surface area (Å²) in [6, 6.07) is 2.25. The van der Waals surface area contributed by atoms with E-state index in [1.165, 1.54) is 4.90 Å². The van der Waals surface area contributed by atoms with Crippen molar-refractivity contribution in [3.8, 4) is 0 Å². The first-order valence-electron chi connectivity index (χ1n) is 5.19. The van der Waals surface area contributed by atoms with Crippen molar-refractivity contribution in [3.63, 3.8) is 0 Å². The Balaban J connectivity index is 3.17. The normalized spacial score (nSPS) is 10.1. The van der Waals surface area contributed by atoms with Crippen molar-refractivity contribution in [2.75, 3.05) is 18.0 Å². The molecular formula is C13H15F2NO. The van der Waals surface area contributed by atoms with Gasteiger partial charge in [0.05, 0.1) is 6.61 Å². The second kappa shape index (κ2) is 6.15. The maximum Gasteiger partial charge on any atom is 0.149 e. The highest BCUT2D eigenvalue weighted by atomic mass is 19.1. The third-order valence-electron chi connectivity index (χ3n) is 2.27. The van der Waals surface area contributed by atoms with Crippen molar-refractivity contribution in [2.24, 2.45) is 0 Å². The van der Waals surface area contributed by atoms with Gasteiger partial charge in [-0.25, -0.2) is 8.78 Å². The lowest BCUT2D eigenvalue weighted by atomic mass is 10.1. The molecule has 0 aliphatic rings. The third-order valence-corrected chi connectivity index (χ3v) is 2.27. The zero-order chi connectivity index (χ0) is 12.8. The van der Waals surface area contributed by atoms with Crippen LogP contribution in [0.5, 0.6) is 0 Å². The number of anilines is 1. The predicted molar refractivity (Wildman–Crippen MR) is 64.9 cm³/mol. The number of rotatable bonds is 6. The molecule has 4 heteroatoms. The minimum absolute atomic E-state index is 0.123. The lowest BCUT2D eigenvalue weighted by Gasteiger charge is -2.23. The molecule has 0 radical (unpaired) electrons. The molecule has 1 N–H and O–H groups in total. The van der Waals surface area contributed by atoms with Gasteiger partial charge in [-0.15, -0.1) is 13.2 Å². The molecule has 92 valence electrons. The number of hydrogen-bond donors (Lipinski definition) is 1. The summed E-state index contributed by atoms with van der Waals surface area (Å²) < 4.78 is 27.5. The van der Waals surface area contributed by atoms with Crippen LogP contribution < -0.4 is 4.90 Å². The van der Waals surface area contributed by atoms with Gasteiger partial charge in [0.1, 0.15) is 17.3 Å². The topological polar surface area (TPSA) is 23.5 Å². The molecule has 0 saturated carbocycles. The largest absolute Gasteiger partial charge is 0.392 e. The molecule has 0 atom stereocenters. The van der Waals surface area contributed by atoms with E-state index in [0.29, 0.717) is 13.1 Å². The van der Waals surface area contributed by atoms with Crippen molar-refractivity contribution < 1.29 is 13.9 Å². The summed E-state index contributed by atoms with van der Waals surface area (Å²) in [5.41, 5.74) is 0.0860. The van der Waals surface area contributed by atoms with E-state index in [-0.39, 0.29) is 11.3 Å². The Bertz CT molecular complexity index is 385. The van der Waals surface area contributed by atoms with Crippen molar-refractivity contribution in [2.45, 2.75) is 6.61 Å². The quantitative estimate of drug-likeness (QED) is 0.771. The van der Waals surface area contributed by atoms with Crippen molar-refractivity contribution in [1.82, 2.24) is 0 Å². The van der Waals surface area contributed by atoms with Gasteiger partial charge in [0.25, 0.3) is 0 Å². The van der Waals surface area contributed by atoms with E-state index >= 15 is 0 Å². The monoisotopic (exact) mass is 239 g/mol. The number of halogens is 2. The average Bonchev–Trinajstić information content (AvgIpc) is 2.28. The van der Waals surface area contributed by atoms with Crippen molar-refractivity contribution in [1.29, 1.82) is 0 Å². The number of hydrogen-bond acceptors (Lipinski definition) is 2. The van der Waals surface area contributed by atoms with Gasteiger partial charge >= 0.3 is 0 Å². The molecular weight excluding hydrogens is 224 g/mol. The van der Waals surface area contributed by atoms with Gasteiger partial charge in [-0.3, -0.25) is 0 Å². The highest BCUT2D eigenvalue weighted by Gasteiger charge is 2.16. The third kappa shape index (κ3) is 3.14. The molecule has 0 bridgehead atoms. The Morgan fingerprint density at radius 2 is 1.59 bits per heavy atom. The maximum atomic E-state index is 13.7. The Labute approximate surface area is 99.5 Å². The van der Waals surface area contributed by atoms with E-state index in [1.807, 2.05) is 0 Å². The first-order chi connectivity index (χ1) is 8.13. The second-order valence-electron chi connectivity index (χ2n) is 3.55. The van der Waals surface area contributed by atoms with E-state index in [4.69, 9.17) is 5.11 Å². The van der Waals surface area contributed by atoms with Gasteiger partial charge in [0, 0.05) is 13.1 Å². The summed E-state index contributed by atoms with van der Waals surface area (Å²) in [5.74, 6) is -1.39. The van der Waals surface area contributed by atoms with Crippen LogP contribution in [0.15, 0.2) is 37.4 Å². The Morgan fingerprint density at radius 3 is 1.94 bits per heavy atom. The average molecular weight is 239 g/mol. The molecule has 17 heavy (non-hydrogen) atoms. The second-order valence-corrected chi connectivity index (χ2v) is 3.55. The molecule has 0 fully saturated rings. The highest BCUT2D eigenvalue weighted by molar-refractivity contribution is 5.51. The molecule has 2 nitrogen and oxygen atoms in total. The van der Waals surface area contributed by atoms with Crippen LogP contribution >= 0.6 is 0 Å². The summed E-state index contributed by atoms with van der Waals surface area (Å²) in [6.45, 7) is 7.32. The maximum absolute atomic E-state index is 13.7. The first kappa shape index (κ1) is 13.4. The summed E-state index contributed by atoms with van der Waals surface area (Å²) in [4.78, 5) is 1.48. The number of aliphatic hydroxyl groups excluding tert-OH is 1. The van der Waals surface area contributed by atoms with Crippen molar-refractivity contribution in [3.05, 3.63) is 54.6 Å². The van der Waals surface area contributed by atoms with E-state index in [2.05, 4.69) is 13.2 Å². The molecule has 0 aromatic heterocycles. The lowest BCUT2D eigenvalue weighted by Crippen LogP contribution is -2.25. The molecule has 0 unspecified atom stereocenters. The molecule has 0 heterocycles. The summed E-state index contributed by atoms with van der Waals surface area (Å²) in [6.07, 6.45) is 3.12. The lowest BCUT2D eigenvalue weighted by molar-refractivity contribution is 0.280. The van der Waals surface area contributed by atoms with E-state index in [1.54, 1.807) is 12.2 Å². The molecule has 0 spiro atoms. The Kier molecular flexibility index (Phi) is 4.84. The smallest absolute Gasteiger partial charge is 0.149 e. The summed E-state index contributed by atoms with van der Waals surface area (Å²) in [7, 11) is 0. The molecule has 0 saturated heterocycles. The summed E-state index contributed by atoms with van der Waals surface area (Å²) >= 11 is 0. The molecule has 0 aliphatic carbocycles. The van der Waals surface area contributed by atoms with Crippen LogP contribution in [0.3, 0.4) is 0 Å². The highest BCUT2D eigenvalue weighted by Crippen LogP contribution is 2.25. The Morgan fingerprint density at radius 1 is 1.12 bits per heavy atom. The fourth-order valence-electron chi connectivity index (χ4n) is 1.58. The first-order valence-corrected chi connectivity index (χ1v) is 5.19. The number of aliphatic hydroxyl groups is 1. The van der Waals surface area contributed by atoms with Crippen LogP contribution in [0.4, 0.5) is 14.5 Å². The van der Waals surface area contributed by atoms with Crippen LogP contribution in [-0.4, -0.2) is 18.2 Å². The Hall–Kier alpha value is -1.68. The van der Waals surface area contributed by atoms with Gasteiger partial charge in [0.2, 0.25) is 0 Å². The molecule has 1 aromatic carbocycles. The summed E-state index contributed by atoms with van der Waals surface area (Å²) in [5, 5.41) is 8.84. The zero-order valence-electron chi connectivity index (χ0n) is 9.50. The van der Waals surface area contributed by atoms with Crippen LogP contribution in [0, 0.1) is 11.6 Å². The van der Waals surface area contributed by atoms with E-state index in [9.17, 15) is 8.78 Å². The van der Waals surface area contributed by atoms with Crippen LogP contribution in [0.25, 0.3) is 0 Å². The van der Waals surface area contributed by atoms with Crippen LogP contribution in [-0.2, 0) is 6.61 Å². The van der Waals surface area contributed by atoms with Gasteiger partial charge in [-0.05, 0) is 17.7 Å². The fourth-order valence-corrected chi connectivity index (χ4v) is 1.58. The molecule has 1 rings (SSSR count). The molecule has 0 amide bonds. The molecule has 1 aromatic rings. The van der Waals surface area contributed by atoms with Crippen LogP contribution in [0.1, 0.15) is 5.56 Å². The van der Waals surface area contributed by atoms with Gasteiger partial charge in [-0.2, -0.15) is 0 Å². The van der Waals surface area contributed by atoms with E-state index < -0.39 is 18.2 Å². The SMILES string of the molecule is C=CCN(CC=C)c1c(F)cc(CO)cc1F. The minimum Gasteiger partial charge on any atom is -0.392 e. The minimum atomic E-state index is -0.697. The van der Waals surface area contributed by atoms with Crippen LogP contribution in [0.2, 0.25) is 0 Å². The fraction of sp³-hybridized carbons (Fsp3) is 0.231. The van der Waals surface area contributed by atoms with Crippen molar-refractivity contribution >= 4 is 5.69 Å². The molecule has 0 aliphatic heterocycles. The van der Waals surface area contributed by atoms with Gasteiger partial charge in [-0.1, -0.05) is 12.2 Å². The standard InChI is InChI=1S/C13H15F2NO/c1-3-5-16(6-4-2)13-11(14)7-10(9-17)8-12(13)15/h3-4,7-8,17H,1-2,5-6,9H2. The van der Waals surface area contributed by atoms with Gasteiger partial charge in [0.15, 0.2) is 0 Å².